The molecule has 2 rings (SSSR count). The number of rotatable bonds is 0. The SMILES string of the molecule is C=C1CCc2ccc(C)cc2N1C. The van der Waals surface area contributed by atoms with Crippen molar-refractivity contribution in [2.45, 2.75) is 19.8 Å². The quantitative estimate of drug-likeness (QED) is 0.583. The number of nitrogens with zero attached hydrogens (tertiary/aromatic N) is 1. The maximum atomic E-state index is 4.05. The van der Waals surface area contributed by atoms with Crippen LogP contribution in [0.25, 0.3) is 0 Å². The molecule has 0 aliphatic carbocycles. The number of benzene rings is 1. The first kappa shape index (κ1) is 8.36. The molecule has 68 valence electrons. The first-order valence-corrected chi connectivity index (χ1v) is 4.69. The molecule has 0 saturated heterocycles. The van der Waals surface area contributed by atoms with E-state index in [-0.39, 0.29) is 0 Å². The Hall–Kier alpha value is -1.24. The van der Waals surface area contributed by atoms with Gasteiger partial charge in [-0.15, -0.1) is 0 Å². The Morgan fingerprint density at radius 2 is 2.08 bits per heavy atom. The number of anilines is 1. The first-order valence-electron chi connectivity index (χ1n) is 4.69. The van der Waals surface area contributed by atoms with E-state index in [1.54, 1.807) is 0 Å². The lowest BCUT2D eigenvalue weighted by atomic mass is 9.99. The molecule has 1 aliphatic rings. The summed E-state index contributed by atoms with van der Waals surface area (Å²) in [7, 11) is 2.10. The molecule has 0 unspecified atom stereocenters. The summed E-state index contributed by atoms with van der Waals surface area (Å²) in [5.41, 5.74) is 5.31. The third-order valence-electron chi connectivity index (χ3n) is 2.76. The molecule has 1 nitrogen and oxygen atoms in total. The van der Waals surface area contributed by atoms with Crippen molar-refractivity contribution in [1.29, 1.82) is 0 Å². The fourth-order valence-corrected chi connectivity index (χ4v) is 1.81. The average Bonchev–Trinajstić information content (AvgIpc) is 2.12. The van der Waals surface area contributed by atoms with Crippen LogP contribution in [0.15, 0.2) is 30.5 Å². The maximum Gasteiger partial charge on any atom is 0.0440 e. The molecule has 0 bridgehead atoms. The number of fused-ring (bicyclic) bond motifs is 1. The molecule has 1 heterocycles. The van der Waals surface area contributed by atoms with Gasteiger partial charge in [0.15, 0.2) is 0 Å². The van der Waals surface area contributed by atoms with Crippen LogP contribution in [0, 0.1) is 6.92 Å². The van der Waals surface area contributed by atoms with E-state index in [4.69, 9.17) is 0 Å². The van der Waals surface area contributed by atoms with Gasteiger partial charge in [-0.05, 0) is 37.0 Å². The zero-order chi connectivity index (χ0) is 9.42. The van der Waals surface area contributed by atoms with Gasteiger partial charge >= 0.3 is 0 Å². The van der Waals surface area contributed by atoms with Crippen LogP contribution in [0.5, 0.6) is 0 Å². The Labute approximate surface area is 79.7 Å². The highest BCUT2D eigenvalue weighted by molar-refractivity contribution is 5.60. The lowest BCUT2D eigenvalue weighted by Gasteiger charge is -2.29. The molecular formula is C12H15N. The van der Waals surface area contributed by atoms with Crippen LogP contribution in [0.4, 0.5) is 5.69 Å². The molecule has 0 amide bonds. The van der Waals surface area contributed by atoms with Gasteiger partial charge in [-0.25, -0.2) is 0 Å². The molecule has 0 aromatic heterocycles. The van der Waals surface area contributed by atoms with E-state index in [0.717, 1.165) is 12.8 Å². The van der Waals surface area contributed by atoms with Gasteiger partial charge in [0.05, 0.1) is 0 Å². The van der Waals surface area contributed by atoms with E-state index in [1.165, 1.54) is 22.5 Å². The number of allylic oxidation sites excluding steroid dienone is 1. The second-order valence-electron chi connectivity index (χ2n) is 3.76. The van der Waals surface area contributed by atoms with Crippen LogP contribution < -0.4 is 4.90 Å². The van der Waals surface area contributed by atoms with E-state index in [2.05, 4.69) is 43.6 Å². The summed E-state index contributed by atoms with van der Waals surface area (Å²) >= 11 is 0. The number of aryl methyl sites for hydroxylation is 2. The molecule has 0 spiro atoms. The first-order chi connectivity index (χ1) is 6.18. The highest BCUT2D eigenvalue weighted by Crippen LogP contribution is 2.31. The molecule has 1 aliphatic heterocycles. The van der Waals surface area contributed by atoms with Crippen molar-refractivity contribution in [3.05, 3.63) is 41.6 Å². The fourth-order valence-electron chi connectivity index (χ4n) is 1.81. The molecule has 0 radical (unpaired) electrons. The highest BCUT2D eigenvalue weighted by Gasteiger charge is 2.15. The van der Waals surface area contributed by atoms with E-state index >= 15 is 0 Å². The lowest BCUT2D eigenvalue weighted by molar-refractivity contribution is 0.843. The van der Waals surface area contributed by atoms with Crippen LogP contribution >= 0.6 is 0 Å². The van der Waals surface area contributed by atoms with Crippen molar-refractivity contribution < 1.29 is 0 Å². The minimum absolute atomic E-state index is 1.09. The minimum Gasteiger partial charge on any atom is -0.349 e. The van der Waals surface area contributed by atoms with E-state index in [1.807, 2.05) is 0 Å². The fraction of sp³-hybridized carbons (Fsp3) is 0.333. The molecule has 0 fully saturated rings. The molecule has 1 heteroatoms. The van der Waals surface area contributed by atoms with Crippen molar-refractivity contribution in [3.8, 4) is 0 Å². The Balaban J connectivity index is 2.51. The summed E-state index contributed by atoms with van der Waals surface area (Å²) in [6.07, 6.45) is 2.23. The second kappa shape index (κ2) is 2.91. The summed E-state index contributed by atoms with van der Waals surface area (Å²) < 4.78 is 0. The largest absolute Gasteiger partial charge is 0.349 e. The summed E-state index contributed by atoms with van der Waals surface area (Å²) in [5.74, 6) is 0. The van der Waals surface area contributed by atoms with Gasteiger partial charge in [0.2, 0.25) is 0 Å². The molecule has 0 saturated carbocycles. The summed E-state index contributed by atoms with van der Waals surface area (Å²) in [6.45, 7) is 6.18. The van der Waals surface area contributed by atoms with Gasteiger partial charge in [0.25, 0.3) is 0 Å². The lowest BCUT2D eigenvalue weighted by Crippen LogP contribution is -2.21. The van der Waals surface area contributed by atoms with Crippen LogP contribution in [-0.2, 0) is 6.42 Å². The summed E-state index contributed by atoms with van der Waals surface area (Å²) in [5, 5.41) is 0. The third kappa shape index (κ3) is 1.35. The normalized spacial score (nSPS) is 15.8. The van der Waals surface area contributed by atoms with Gasteiger partial charge in [0.1, 0.15) is 0 Å². The highest BCUT2D eigenvalue weighted by atomic mass is 15.1. The number of hydrogen-bond acceptors (Lipinski definition) is 1. The smallest absolute Gasteiger partial charge is 0.0440 e. The average molecular weight is 173 g/mol. The Morgan fingerprint density at radius 3 is 2.85 bits per heavy atom. The molecule has 0 N–H and O–H groups in total. The molecule has 1 aromatic carbocycles. The van der Waals surface area contributed by atoms with Gasteiger partial charge in [-0.3, -0.25) is 0 Å². The Bertz CT molecular complexity index is 352. The van der Waals surface area contributed by atoms with Gasteiger partial charge in [-0.1, -0.05) is 18.7 Å². The van der Waals surface area contributed by atoms with Crippen molar-refractivity contribution in [1.82, 2.24) is 0 Å². The van der Waals surface area contributed by atoms with Gasteiger partial charge in [0, 0.05) is 18.4 Å². The van der Waals surface area contributed by atoms with Crippen molar-refractivity contribution in [2.24, 2.45) is 0 Å². The number of hydrogen-bond donors (Lipinski definition) is 0. The summed E-state index contributed by atoms with van der Waals surface area (Å²) in [4.78, 5) is 2.20. The van der Waals surface area contributed by atoms with Crippen molar-refractivity contribution in [3.63, 3.8) is 0 Å². The standard InChI is InChI=1S/C12H15N/c1-9-4-6-11-7-5-10(2)13(3)12(11)8-9/h4,6,8H,2,5,7H2,1,3H3. The predicted octanol–water partition coefficient (Wildman–Crippen LogP) is 2.89. The van der Waals surface area contributed by atoms with E-state index < -0.39 is 0 Å². The summed E-state index contributed by atoms with van der Waals surface area (Å²) in [6, 6.07) is 6.65. The molecular weight excluding hydrogens is 158 g/mol. The topological polar surface area (TPSA) is 3.24 Å². The third-order valence-corrected chi connectivity index (χ3v) is 2.76. The van der Waals surface area contributed by atoms with E-state index in [0.29, 0.717) is 0 Å². The van der Waals surface area contributed by atoms with Crippen molar-refractivity contribution >= 4 is 5.69 Å². The van der Waals surface area contributed by atoms with Crippen molar-refractivity contribution in [2.75, 3.05) is 11.9 Å². The van der Waals surface area contributed by atoms with E-state index in [9.17, 15) is 0 Å². The van der Waals surface area contributed by atoms with Crippen LogP contribution in [0.2, 0.25) is 0 Å². The predicted molar refractivity (Wildman–Crippen MR) is 57.0 cm³/mol. The molecule has 0 atom stereocenters. The minimum atomic E-state index is 1.09. The molecule has 13 heavy (non-hydrogen) atoms. The van der Waals surface area contributed by atoms with Crippen LogP contribution in [-0.4, -0.2) is 7.05 Å². The monoisotopic (exact) mass is 173 g/mol. The zero-order valence-corrected chi connectivity index (χ0v) is 8.30. The van der Waals surface area contributed by atoms with Gasteiger partial charge in [-0.2, -0.15) is 0 Å². The zero-order valence-electron chi connectivity index (χ0n) is 8.30. The second-order valence-corrected chi connectivity index (χ2v) is 3.76. The van der Waals surface area contributed by atoms with Crippen LogP contribution in [0.1, 0.15) is 17.5 Å². The Morgan fingerprint density at radius 1 is 1.31 bits per heavy atom. The maximum absolute atomic E-state index is 4.05. The molecule has 1 aromatic rings. The van der Waals surface area contributed by atoms with Gasteiger partial charge < -0.3 is 4.90 Å². The Kier molecular flexibility index (Phi) is 1.87. The van der Waals surface area contributed by atoms with Crippen LogP contribution in [0.3, 0.4) is 0 Å².